The van der Waals surface area contributed by atoms with Crippen LogP contribution in [0.3, 0.4) is 0 Å². The minimum absolute atomic E-state index is 0.597. The van der Waals surface area contributed by atoms with Crippen molar-refractivity contribution in [1.82, 2.24) is 4.98 Å². The van der Waals surface area contributed by atoms with Gasteiger partial charge in [0, 0.05) is 0 Å². The van der Waals surface area contributed by atoms with Crippen LogP contribution in [-0.4, -0.2) is 19.5 Å². The molecule has 0 amide bonds. The predicted octanol–water partition coefficient (Wildman–Crippen LogP) is 0.139. The summed E-state index contributed by atoms with van der Waals surface area (Å²) in [7, 11) is 0. The van der Waals surface area contributed by atoms with Crippen molar-refractivity contribution in [3.05, 3.63) is 16.2 Å². The average molecular weight is 132 g/mol. The quantitative estimate of drug-likeness (QED) is 0.457. The third-order valence-electron chi connectivity index (χ3n) is 0.347. The summed E-state index contributed by atoms with van der Waals surface area (Å²) in [5.41, 5.74) is 0. The van der Waals surface area contributed by atoms with Crippen LogP contribution in [0.4, 0.5) is 0 Å². The molecule has 1 aromatic heterocycles. The van der Waals surface area contributed by atoms with Crippen molar-refractivity contribution in [2.24, 2.45) is 0 Å². The molecule has 26 valence electrons. The first-order valence-electron chi connectivity index (χ1n) is 1.32. The second-order valence-corrected chi connectivity index (χ2v) is 2.26. The second kappa shape index (κ2) is 1.39. The van der Waals surface area contributed by atoms with Crippen molar-refractivity contribution in [2.75, 3.05) is 0 Å². The second-order valence-electron chi connectivity index (χ2n) is 0.676. The van der Waals surface area contributed by atoms with Gasteiger partial charge in [0.2, 0.25) is 0 Å². The number of aromatic nitrogens is 1. The molecule has 0 bridgehead atoms. The van der Waals surface area contributed by atoms with Gasteiger partial charge in [-0.15, -0.1) is 0 Å². The SMILES string of the molecule is c1c[se]cn1. The Bertz CT molecular complexity index is 63.4. The fourth-order valence-corrected chi connectivity index (χ4v) is 0.913. The summed E-state index contributed by atoms with van der Waals surface area (Å²) in [6.45, 7) is 0. The Morgan fingerprint density at radius 1 is 1.60 bits per heavy atom. The third kappa shape index (κ3) is 0.602. The zero-order valence-corrected chi connectivity index (χ0v) is 4.30. The summed E-state index contributed by atoms with van der Waals surface area (Å²) >= 11 is 0.597. The molecule has 0 spiro atoms. The molecule has 0 aliphatic rings. The fraction of sp³-hybridized carbons (Fsp3) is 0. The third-order valence-corrected chi connectivity index (χ3v) is 1.44. The van der Waals surface area contributed by atoms with Crippen LogP contribution in [0.25, 0.3) is 0 Å². The van der Waals surface area contributed by atoms with E-state index in [1.54, 1.807) is 0 Å². The summed E-state index contributed by atoms with van der Waals surface area (Å²) in [6, 6.07) is 0. The van der Waals surface area contributed by atoms with E-state index in [-0.39, 0.29) is 0 Å². The molecule has 0 fully saturated rings. The van der Waals surface area contributed by atoms with Crippen LogP contribution in [0.5, 0.6) is 0 Å². The molecule has 1 heterocycles. The zero-order valence-electron chi connectivity index (χ0n) is 2.59. The molecule has 0 saturated carbocycles. The molecular weight excluding hydrogens is 129 g/mol. The van der Waals surface area contributed by atoms with Gasteiger partial charge in [-0.3, -0.25) is 0 Å². The number of hydrogen-bond acceptors (Lipinski definition) is 1. The van der Waals surface area contributed by atoms with Crippen LogP contribution in [0.15, 0.2) is 16.2 Å². The first-order chi connectivity index (χ1) is 2.50. The molecule has 0 aliphatic heterocycles. The van der Waals surface area contributed by atoms with Gasteiger partial charge in [0.1, 0.15) is 0 Å². The number of rotatable bonds is 0. The molecule has 0 radical (unpaired) electrons. The van der Waals surface area contributed by atoms with E-state index in [0.717, 1.165) is 0 Å². The molecule has 0 aromatic carbocycles. The molecule has 1 nitrogen and oxygen atoms in total. The number of hydrogen-bond donors (Lipinski definition) is 0. The Hall–Kier alpha value is -0.0705. The van der Waals surface area contributed by atoms with Crippen molar-refractivity contribution in [3.63, 3.8) is 0 Å². The average Bonchev–Trinajstić information content (AvgIpc) is 1.76. The van der Waals surface area contributed by atoms with E-state index >= 15 is 0 Å². The van der Waals surface area contributed by atoms with Crippen molar-refractivity contribution in [3.8, 4) is 0 Å². The van der Waals surface area contributed by atoms with Crippen molar-refractivity contribution >= 4 is 14.5 Å². The van der Waals surface area contributed by atoms with Crippen LogP contribution in [0.1, 0.15) is 0 Å². The standard InChI is InChI=1S/C3H3NSe/c1-2-5-3-4-1/h1-3H. The van der Waals surface area contributed by atoms with E-state index in [1.807, 2.05) is 11.3 Å². The monoisotopic (exact) mass is 133 g/mol. The van der Waals surface area contributed by atoms with Crippen molar-refractivity contribution in [2.45, 2.75) is 0 Å². The van der Waals surface area contributed by atoms with Gasteiger partial charge in [0.25, 0.3) is 0 Å². The van der Waals surface area contributed by atoms with E-state index in [0.29, 0.717) is 14.5 Å². The Morgan fingerprint density at radius 2 is 2.60 bits per heavy atom. The van der Waals surface area contributed by atoms with Crippen LogP contribution in [0.2, 0.25) is 0 Å². The van der Waals surface area contributed by atoms with Gasteiger partial charge >= 0.3 is 35.7 Å². The van der Waals surface area contributed by atoms with Crippen molar-refractivity contribution in [1.29, 1.82) is 0 Å². The van der Waals surface area contributed by atoms with Crippen LogP contribution in [-0.2, 0) is 0 Å². The molecule has 0 aliphatic carbocycles. The summed E-state index contributed by atoms with van der Waals surface area (Å²) in [5.74, 6) is 0. The van der Waals surface area contributed by atoms with E-state index in [1.165, 1.54) is 0 Å². The van der Waals surface area contributed by atoms with E-state index < -0.39 is 0 Å². The van der Waals surface area contributed by atoms with Gasteiger partial charge in [-0.1, -0.05) is 0 Å². The molecule has 1 rings (SSSR count). The van der Waals surface area contributed by atoms with Gasteiger partial charge in [-0.25, -0.2) is 0 Å². The molecule has 0 N–H and O–H groups in total. The predicted molar refractivity (Wildman–Crippen MR) is 21.2 cm³/mol. The first-order valence-corrected chi connectivity index (χ1v) is 3.30. The van der Waals surface area contributed by atoms with Crippen LogP contribution >= 0.6 is 0 Å². The summed E-state index contributed by atoms with van der Waals surface area (Å²) in [6.07, 6.45) is 1.83. The van der Waals surface area contributed by atoms with Crippen LogP contribution < -0.4 is 0 Å². The summed E-state index contributed by atoms with van der Waals surface area (Å²) in [4.78, 5) is 5.88. The molecule has 2 heteroatoms. The normalized spacial score (nSPS) is 8.00. The molecule has 5 heavy (non-hydrogen) atoms. The Kier molecular flexibility index (Phi) is 0.869. The van der Waals surface area contributed by atoms with Gasteiger partial charge in [0.15, 0.2) is 0 Å². The Balaban J connectivity index is 3.13. The van der Waals surface area contributed by atoms with Gasteiger partial charge in [-0.05, 0) is 0 Å². The number of nitrogens with zero attached hydrogens (tertiary/aromatic N) is 1. The minimum atomic E-state index is 0.597. The molecule has 0 saturated heterocycles. The molecule has 0 atom stereocenters. The summed E-state index contributed by atoms with van der Waals surface area (Å²) in [5, 5.41) is 1.94. The zero-order chi connectivity index (χ0) is 3.54. The van der Waals surface area contributed by atoms with Crippen LogP contribution in [0, 0.1) is 0 Å². The van der Waals surface area contributed by atoms with E-state index in [4.69, 9.17) is 0 Å². The molecule has 1 aromatic rings. The Labute approximate surface area is 36.4 Å². The maximum atomic E-state index is 3.81. The van der Waals surface area contributed by atoms with Gasteiger partial charge in [0.05, 0.1) is 0 Å². The van der Waals surface area contributed by atoms with Gasteiger partial charge < -0.3 is 0 Å². The van der Waals surface area contributed by atoms with E-state index in [9.17, 15) is 0 Å². The first kappa shape index (κ1) is 3.13. The molecule has 0 unspecified atom stereocenters. The molecular formula is C3H3NSe. The maximum absolute atomic E-state index is 3.81. The fourth-order valence-electron chi connectivity index (χ4n) is 0.176. The van der Waals surface area contributed by atoms with Crippen molar-refractivity contribution < 1.29 is 0 Å². The Morgan fingerprint density at radius 3 is 2.80 bits per heavy atom. The van der Waals surface area contributed by atoms with Gasteiger partial charge in [-0.2, -0.15) is 0 Å². The van der Waals surface area contributed by atoms with E-state index in [2.05, 4.69) is 9.92 Å². The topological polar surface area (TPSA) is 12.9 Å². The summed E-state index contributed by atoms with van der Waals surface area (Å²) < 4.78 is 0.